The number of aromatic amines is 1. The lowest BCUT2D eigenvalue weighted by Crippen LogP contribution is -2.49. The minimum absolute atomic E-state index is 0.0888. The molecule has 0 spiro atoms. The number of rotatable bonds is 12. The molecule has 1 aromatic carbocycles. The van der Waals surface area contributed by atoms with Gasteiger partial charge in [-0.25, -0.2) is 9.97 Å². The molecule has 2 aliphatic rings. The fourth-order valence-electron chi connectivity index (χ4n) is 4.60. The zero-order chi connectivity index (χ0) is 28.1. The molecule has 40 heavy (non-hydrogen) atoms. The highest BCUT2D eigenvalue weighted by atomic mass is 32.2. The topological polar surface area (TPSA) is 126 Å². The predicted molar refractivity (Wildman–Crippen MR) is 152 cm³/mol. The van der Waals surface area contributed by atoms with Crippen LogP contribution in [0, 0.1) is 12.8 Å². The van der Waals surface area contributed by atoms with Gasteiger partial charge in [0.1, 0.15) is 5.78 Å². The molecule has 2 fully saturated rings. The smallest absolute Gasteiger partial charge is 0.225 e. The minimum Gasteiger partial charge on any atom is -0.490 e. The van der Waals surface area contributed by atoms with Gasteiger partial charge in [-0.1, -0.05) is 12.1 Å². The first-order chi connectivity index (χ1) is 19.4. The number of hydrogen-bond acceptors (Lipinski definition) is 10. The Bertz CT molecular complexity index is 1330. The summed E-state index contributed by atoms with van der Waals surface area (Å²) in [4.78, 5) is 39.3. The third-order valence-corrected chi connectivity index (χ3v) is 7.85. The van der Waals surface area contributed by atoms with E-state index in [9.17, 15) is 9.59 Å². The Kier molecular flexibility index (Phi) is 8.85. The number of amides is 1. The molecule has 2 aromatic heterocycles. The molecular weight excluding hydrogens is 530 g/mol. The van der Waals surface area contributed by atoms with Gasteiger partial charge in [-0.3, -0.25) is 14.7 Å². The number of H-pyrrole nitrogens is 1. The number of benzene rings is 1. The van der Waals surface area contributed by atoms with Crippen LogP contribution in [-0.2, 0) is 20.7 Å². The SMILES string of the molecule is COCCC(=O)N1CCN(c2nc(Sc3ccc(CC(=O)C4CC4)cc3)nc(Nc3cc(C)[nH]n3)c2OC)CC1. The van der Waals surface area contributed by atoms with E-state index in [0.717, 1.165) is 29.0 Å². The molecule has 1 amide bonds. The molecule has 3 heterocycles. The molecule has 1 aliphatic carbocycles. The van der Waals surface area contributed by atoms with Gasteiger partial charge >= 0.3 is 0 Å². The fraction of sp³-hybridized carbons (Fsp3) is 0.464. The van der Waals surface area contributed by atoms with Crippen LogP contribution in [0.3, 0.4) is 0 Å². The maximum Gasteiger partial charge on any atom is 0.225 e. The zero-order valence-electron chi connectivity index (χ0n) is 23.1. The summed E-state index contributed by atoms with van der Waals surface area (Å²) in [5.41, 5.74) is 1.94. The number of carbonyl (C=O) groups excluding carboxylic acids is 2. The van der Waals surface area contributed by atoms with Gasteiger partial charge in [0.05, 0.1) is 20.1 Å². The molecule has 212 valence electrons. The van der Waals surface area contributed by atoms with Crippen LogP contribution >= 0.6 is 11.8 Å². The molecule has 5 rings (SSSR count). The number of nitrogens with zero attached hydrogens (tertiary/aromatic N) is 5. The average molecular weight is 566 g/mol. The van der Waals surface area contributed by atoms with Crippen molar-refractivity contribution in [3.63, 3.8) is 0 Å². The molecule has 12 heteroatoms. The van der Waals surface area contributed by atoms with Crippen LogP contribution in [0.15, 0.2) is 40.4 Å². The monoisotopic (exact) mass is 565 g/mol. The van der Waals surface area contributed by atoms with Crippen LogP contribution in [0.5, 0.6) is 5.75 Å². The highest BCUT2D eigenvalue weighted by Gasteiger charge is 2.29. The van der Waals surface area contributed by atoms with Crippen LogP contribution in [0.25, 0.3) is 0 Å². The van der Waals surface area contributed by atoms with E-state index in [1.165, 1.54) is 11.8 Å². The molecule has 0 unspecified atom stereocenters. The Labute approximate surface area is 238 Å². The second-order valence-corrected chi connectivity index (χ2v) is 11.1. The van der Waals surface area contributed by atoms with Crippen molar-refractivity contribution in [2.24, 2.45) is 5.92 Å². The number of aromatic nitrogens is 4. The molecule has 2 N–H and O–H groups in total. The van der Waals surface area contributed by atoms with Gasteiger partial charge in [0.2, 0.25) is 11.7 Å². The Balaban J connectivity index is 1.37. The van der Waals surface area contributed by atoms with Crippen LogP contribution in [0.4, 0.5) is 17.5 Å². The third-order valence-electron chi connectivity index (χ3n) is 6.98. The van der Waals surface area contributed by atoms with Crippen LogP contribution in [0.1, 0.15) is 30.5 Å². The van der Waals surface area contributed by atoms with E-state index in [1.807, 2.05) is 42.2 Å². The number of carbonyl (C=O) groups is 2. The molecule has 1 saturated heterocycles. The van der Waals surface area contributed by atoms with E-state index in [2.05, 4.69) is 20.4 Å². The van der Waals surface area contributed by atoms with Gasteiger partial charge < -0.3 is 24.6 Å². The first-order valence-corrected chi connectivity index (χ1v) is 14.3. The number of Topliss-reactive ketones (excluding diaryl/α,β-unsaturated/α-hetero) is 1. The number of aryl methyl sites for hydroxylation is 1. The molecule has 1 aliphatic heterocycles. The molecular formula is C28H35N7O4S. The molecule has 1 saturated carbocycles. The summed E-state index contributed by atoms with van der Waals surface area (Å²) in [6, 6.07) is 9.89. The summed E-state index contributed by atoms with van der Waals surface area (Å²) in [6.45, 7) is 4.74. The van der Waals surface area contributed by atoms with Gasteiger partial charge in [0.25, 0.3) is 0 Å². The van der Waals surface area contributed by atoms with Gasteiger partial charge in [0.15, 0.2) is 22.6 Å². The first-order valence-electron chi connectivity index (χ1n) is 13.5. The van der Waals surface area contributed by atoms with E-state index >= 15 is 0 Å². The summed E-state index contributed by atoms with van der Waals surface area (Å²) in [7, 11) is 3.20. The number of ether oxygens (including phenoxy) is 2. The number of hydrogen-bond donors (Lipinski definition) is 2. The number of anilines is 3. The molecule has 0 radical (unpaired) electrons. The number of methoxy groups -OCH3 is 2. The quantitative estimate of drug-likeness (QED) is 0.315. The van der Waals surface area contributed by atoms with Crippen molar-refractivity contribution in [1.82, 2.24) is 25.1 Å². The Morgan fingerprint density at radius 3 is 2.48 bits per heavy atom. The van der Waals surface area contributed by atoms with Crippen molar-refractivity contribution in [1.29, 1.82) is 0 Å². The lowest BCUT2D eigenvalue weighted by molar-refractivity contribution is -0.132. The fourth-order valence-corrected chi connectivity index (χ4v) is 5.35. The summed E-state index contributed by atoms with van der Waals surface area (Å²) in [5.74, 6) is 2.97. The number of nitrogens with one attached hydrogen (secondary N) is 2. The van der Waals surface area contributed by atoms with Crippen molar-refractivity contribution < 1.29 is 19.1 Å². The van der Waals surface area contributed by atoms with Crippen LogP contribution in [-0.4, -0.2) is 83.8 Å². The Hall–Kier alpha value is -3.64. The van der Waals surface area contributed by atoms with Crippen molar-refractivity contribution in [3.05, 3.63) is 41.6 Å². The lowest BCUT2D eigenvalue weighted by atomic mass is 10.1. The first kappa shape index (κ1) is 27.9. The van der Waals surface area contributed by atoms with E-state index in [4.69, 9.17) is 19.4 Å². The summed E-state index contributed by atoms with van der Waals surface area (Å²) in [5, 5.41) is 11.0. The van der Waals surface area contributed by atoms with Crippen molar-refractivity contribution in [3.8, 4) is 5.75 Å². The maximum atomic E-state index is 12.5. The number of ketones is 1. The molecule has 11 nitrogen and oxygen atoms in total. The molecule has 0 atom stereocenters. The average Bonchev–Trinajstić information content (AvgIpc) is 3.74. The van der Waals surface area contributed by atoms with Crippen LogP contribution in [0.2, 0.25) is 0 Å². The van der Waals surface area contributed by atoms with Crippen molar-refractivity contribution in [2.45, 2.75) is 42.7 Å². The van der Waals surface area contributed by atoms with E-state index in [1.54, 1.807) is 14.2 Å². The van der Waals surface area contributed by atoms with Gasteiger partial charge in [0, 0.05) is 62.3 Å². The largest absolute Gasteiger partial charge is 0.490 e. The van der Waals surface area contributed by atoms with Crippen LogP contribution < -0.4 is 15.0 Å². The van der Waals surface area contributed by atoms with Gasteiger partial charge in [-0.15, -0.1) is 0 Å². The highest BCUT2D eigenvalue weighted by Crippen LogP contribution is 2.38. The van der Waals surface area contributed by atoms with Crippen molar-refractivity contribution >= 4 is 40.9 Å². The third kappa shape index (κ3) is 6.92. The minimum atomic E-state index is 0.0888. The Morgan fingerprint density at radius 2 is 1.85 bits per heavy atom. The summed E-state index contributed by atoms with van der Waals surface area (Å²) >= 11 is 1.44. The highest BCUT2D eigenvalue weighted by molar-refractivity contribution is 7.99. The summed E-state index contributed by atoms with van der Waals surface area (Å²) in [6.07, 6.45) is 2.91. The second-order valence-electron chi connectivity index (χ2n) is 10.0. The van der Waals surface area contributed by atoms with Gasteiger partial charge in [-0.05, 0) is 49.2 Å². The van der Waals surface area contributed by atoms with E-state index < -0.39 is 0 Å². The Morgan fingerprint density at radius 1 is 1.10 bits per heavy atom. The maximum absolute atomic E-state index is 12.5. The molecule has 3 aromatic rings. The van der Waals surface area contributed by atoms with Gasteiger partial charge in [-0.2, -0.15) is 5.10 Å². The lowest BCUT2D eigenvalue weighted by Gasteiger charge is -2.36. The zero-order valence-corrected chi connectivity index (χ0v) is 23.9. The summed E-state index contributed by atoms with van der Waals surface area (Å²) < 4.78 is 10.9. The molecule has 0 bridgehead atoms. The number of piperazine rings is 1. The predicted octanol–water partition coefficient (Wildman–Crippen LogP) is 3.62. The standard InChI is InChI=1S/C28H35N7O4S/c1-18-16-23(33-32-18)29-26-25(39-3)27(35-13-11-34(12-14-35)24(37)10-15-38-2)31-28(30-26)40-21-8-4-19(5-9-21)17-22(36)20-6-7-20/h4-5,8-9,16,20H,6-7,10-15,17H2,1-3H3,(H2,29,30,31,32,33). The second kappa shape index (κ2) is 12.7. The van der Waals surface area contributed by atoms with E-state index in [0.29, 0.717) is 79.8 Å². The van der Waals surface area contributed by atoms with E-state index in [-0.39, 0.29) is 11.8 Å². The van der Waals surface area contributed by atoms with Crippen molar-refractivity contribution in [2.75, 3.05) is 57.2 Å². The normalized spacial score (nSPS) is 15.3.